The summed E-state index contributed by atoms with van der Waals surface area (Å²) in [4.78, 5) is 39.9. The SMILES string of the molecule is CCN(CC)CC.COc1ccc(C(OC[C@H]2O[C@@H](n3cnc4c(NC(=O)c5ccccc5)ncnc43)C[C@@H]2OP(=O)(O)Oc2ccccc2Cl)(c2ccccc2)c2ccc(OC)cc2)cc1. The van der Waals surface area contributed by atoms with Crippen LogP contribution in [0.25, 0.3) is 11.2 Å². The lowest BCUT2D eigenvalue weighted by Crippen LogP contribution is -2.38. The number of nitrogens with zero attached hydrogens (tertiary/aromatic N) is 5. The van der Waals surface area contributed by atoms with Crippen LogP contribution in [0.15, 0.2) is 146 Å². The van der Waals surface area contributed by atoms with E-state index in [9.17, 15) is 14.3 Å². The van der Waals surface area contributed by atoms with Crippen LogP contribution in [0.2, 0.25) is 5.02 Å². The van der Waals surface area contributed by atoms with Gasteiger partial charge in [-0.3, -0.25) is 18.8 Å². The molecule has 15 nitrogen and oxygen atoms in total. The van der Waals surface area contributed by atoms with Crippen LogP contribution in [0.1, 0.15) is 60.5 Å². The summed E-state index contributed by atoms with van der Waals surface area (Å²) < 4.78 is 51.7. The zero-order valence-corrected chi connectivity index (χ0v) is 39.5. The van der Waals surface area contributed by atoms with Crippen molar-refractivity contribution in [2.75, 3.05) is 45.8 Å². The van der Waals surface area contributed by atoms with Gasteiger partial charge < -0.3 is 33.7 Å². The molecule has 1 aliphatic heterocycles. The van der Waals surface area contributed by atoms with Gasteiger partial charge in [-0.2, -0.15) is 0 Å². The predicted octanol–water partition coefficient (Wildman–Crippen LogP) is 9.96. The average Bonchev–Trinajstić information content (AvgIpc) is 3.98. The van der Waals surface area contributed by atoms with Gasteiger partial charge in [-0.25, -0.2) is 19.5 Å². The molecule has 5 aromatic carbocycles. The van der Waals surface area contributed by atoms with Crippen molar-refractivity contribution in [2.45, 2.75) is 51.2 Å². The minimum atomic E-state index is -4.83. The Morgan fingerprint density at radius 2 is 1.37 bits per heavy atom. The van der Waals surface area contributed by atoms with Gasteiger partial charge in [0.2, 0.25) is 0 Å². The Morgan fingerprint density at radius 3 is 1.94 bits per heavy atom. The number of fused-ring (bicyclic) bond motifs is 1. The van der Waals surface area contributed by atoms with E-state index in [2.05, 4.69) is 45.9 Å². The summed E-state index contributed by atoms with van der Waals surface area (Å²) in [6.07, 6.45) is -0.0394. The van der Waals surface area contributed by atoms with Crippen molar-refractivity contribution in [1.82, 2.24) is 24.4 Å². The number of halogens is 1. The third kappa shape index (κ3) is 11.5. The molecule has 8 rings (SSSR count). The van der Waals surface area contributed by atoms with Gasteiger partial charge in [-0.1, -0.05) is 117 Å². The summed E-state index contributed by atoms with van der Waals surface area (Å²) in [5.41, 5.74) is 2.17. The van der Waals surface area contributed by atoms with Gasteiger partial charge in [-0.05, 0) is 84.9 Å². The normalized spacial score (nSPS) is 16.7. The molecule has 3 heterocycles. The van der Waals surface area contributed by atoms with Gasteiger partial charge >= 0.3 is 7.82 Å². The van der Waals surface area contributed by atoms with E-state index >= 15 is 0 Å². The Hall–Kier alpha value is -6.16. The number of para-hydroxylation sites is 1. The molecule has 350 valence electrons. The van der Waals surface area contributed by atoms with Crippen molar-refractivity contribution in [3.63, 3.8) is 0 Å². The van der Waals surface area contributed by atoms with E-state index in [-0.39, 0.29) is 35.5 Å². The van der Waals surface area contributed by atoms with Crippen molar-refractivity contribution in [1.29, 1.82) is 0 Å². The number of anilines is 1. The van der Waals surface area contributed by atoms with Crippen molar-refractivity contribution >= 4 is 42.3 Å². The molecule has 2 aromatic heterocycles. The molecule has 0 spiro atoms. The number of rotatable bonds is 18. The number of hydrogen-bond acceptors (Lipinski definition) is 12. The maximum atomic E-state index is 13.7. The Balaban J connectivity index is 0.000000883. The molecule has 1 saturated heterocycles. The highest BCUT2D eigenvalue weighted by atomic mass is 35.5. The summed E-state index contributed by atoms with van der Waals surface area (Å²) in [6.45, 7) is 9.97. The fourth-order valence-corrected chi connectivity index (χ4v) is 9.09. The fraction of sp³-hybridized carbons (Fsp3) is 0.280. The first-order valence-corrected chi connectivity index (χ1v) is 23.7. The second kappa shape index (κ2) is 22.6. The standard InChI is InChI=1S/C44H39ClN5O9P.C6H15N/c1-54-33-21-17-31(18-22-33)44(30-13-7-4-8-14-30,32-19-23-34(55-2)24-20-32)56-26-38-37(59-60(52,53)58-36-16-10-9-15-35(36)45)25-39(57-38)50-28-48-40-41(46-27-47-42(40)50)49-43(51)29-11-5-3-6-12-29;1-4-7(5-2)6-3/h3-24,27-28,37-39H,25-26H2,1-2H3,(H,52,53)(H,46,47,49,51);4-6H2,1-3H3/t37-,38+,39+;/m0./s1. The van der Waals surface area contributed by atoms with Crippen molar-refractivity contribution < 1.29 is 42.2 Å². The number of ether oxygens (including phenoxy) is 4. The van der Waals surface area contributed by atoms with E-state index in [0.717, 1.165) is 16.7 Å². The van der Waals surface area contributed by atoms with Crippen LogP contribution in [0.3, 0.4) is 0 Å². The largest absolute Gasteiger partial charge is 0.527 e. The molecule has 7 aromatic rings. The second-order valence-electron chi connectivity index (χ2n) is 15.3. The number of benzene rings is 5. The maximum Gasteiger partial charge on any atom is 0.527 e. The molecule has 2 N–H and O–H groups in total. The van der Waals surface area contributed by atoms with Crippen molar-refractivity contribution in [2.24, 2.45) is 0 Å². The number of imidazole rings is 1. The molecule has 0 saturated carbocycles. The Kier molecular flexibility index (Phi) is 16.4. The second-order valence-corrected chi connectivity index (χ2v) is 17.0. The highest BCUT2D eigenvalue weighted by molar-refractivity contribution is 7.47. The monoisotopic (exact) mass is 948 g/mol. The zero-order valence-electron chi connectivity index (χ0n) is 37.9. The van der Waals surface area contributed by atoms with Crippen LogP contribution in [0.4, 0.5) is 5.82 Å². The molecule has 0 aliphatic carbocycles. The van der Waals surface area contributed by atoms with E-state index in [1.54, 1.807) is 55.2 Å². The third-order valence-electron chi connectivity index (χ3n) is 11.4. The quantitative estimate of drug-likeness (QED) is 0.0617. The third-order valence-corrected chi connectivity index (χ3v) is 12.7. The van der Waals surface area contributed by atoms with E-state index in [4.69, 9.17) is 39.6 Å². The molecule has 67 heavy (non-hydrogen) atoms. The number of methoxy groups -OCH3 is 2. The molecule has 1 amide bonds. The summed E-state index contributed by atoms with van der Waals surface area (Å²) in [5, 5.41) is 2.94. The number of hydrogen-bond donors (Lipinski definition) is 2. The summed E-state index contributed by atoms with van der Waals surface area (Å²) >= 11 is 6.29. The van der Waals surface area contributed by atoms with Crippen molar-refractivity contribution in [3.05, 3.63) is 173 Å². The van der Waals surface area contributed by atoms with Crippen LogP contribution in [-0.2, 0) is 24.2 Å². The Labute approximate surface area is 395 Å². The van der Waals surface area contributed by atoms with Gasteiger partial charge in [0.25, 0.3) is 5.91 Å². The number of phosphoric acid groups is 1. The van der Waals surface area contributed by atoms with Gasteiger partial charge in [-0.15, -0.1) is 0 Å². The Morgan fingerprint density at radius 1 is 0.806 bits per heavy atom. The van der Waals surface area contributed by atoms with Crippen LogP contribution >= 0.6 is 19.4 Å². The number of carbonyl (C=O) groups excluding carboxylic acids is 1. The summed E-state index contributed by atoms with van der Waals surface area (Å²) in [5.74, 6) is 1.10. The predicted molar refractivity (Wildman–Crippen MR) is 257 cm³/mol. The van der Waals surface area contributed by atoms with Gasteiger partial charge in [0, 0.05) is 12.0 Å². The van der Waals surface area contributed by atoms with E-state index in [1.807, 2.05) is 84.9 Å². The number of amides is 1. The lowest BCUT2D eigenvalue weighted by molar-refractivity contribution is -0.0919. The highest BCUT2D eigenvalue weighted by Crippen LogP contribution is 2.51. The van der Waals surface area contributed by atoms with E-state index < -0.39 is 31.9 Å². The molecule has 17 heteroatoms. The number of aromatic nitrogens is 4. The summed E-state index contributed by atoms with van der Waals surface area (Å²) in [6, 6.07) is 39.8. The number of nitrogens with one attached hydrogen (secondary N) is 1. The smallest absolute Gasteiger partial charge is 0.497 e. The van der Waals surface area contributed by atoms with Crippen LogP contribution in [-0.4, -0.2) is 87.9 Å². The minimum Gasteiger partial charge on any atom is -0.497 e. The van der Waals surface area contributed by atoms with Crippen LogP contribution in [0, 0.1) is 0 Å². The van der Waals surface area contributed by atoms with Crippen LogP contribution < -0.4 is 19.3 Å². The first-order chi connectivity index (χ1) is 32.5. The molecule has 0 radical (unpaired) electrons. The molecule has 4 atom stereocenters. The molecular formula is C50H54ClN6O9P. The molecular weight excluding hydrogens is 895 g/mol. The molecule has 1 aliphatic rings. The van der Waals surface area contributed by atoms with Gasteiger partial charge in [0.05, 0.1) is 32.2 Å². The Bertz CT molecular complexity index is 2670. The van der Waals surface area contributed by atoms with Crippen LogP contribution in [0.5, 0.6) is 17.2 Å². The summed E-state index contributed by atoms with van der Waals surface area (Å²) in [7, 11) is -1.64. The molecule has 0 bridgehead atoms. The fourth-order valence-electron chi connectivity index (χ4n) is 7.84. The van der Waals surface area contributed by atoms with E-state index in [1.165, 1.54) is 44.4 Å². The average molecular weight is 949 g/mol. The molecule has 1 unspecified atom stereocenters. The first kappa shape index (κ1) is 48.8. The lowest BCUT2D eigenvalue weighted by Gasteiger charge is -2.37. The first-order valence-electron chi connectivity index (χ1n) is 21.9. The van der Waals surface area contributed by atoms with Gasteiger partial charge in [0.15, 0.2) is 17.0 Å². The lowest BCUT2D eigenvalue weighted by atomic mass is 9.80. The topological polar surface area (TPSA) is 169 Å². The van der Waals surface area contributed by atoms with Gasteiger partial charge in [0.1, 0.15) is 47.6 Å². The minimum absolute atomic E-state index is 0.0299. The highest BCUT2D eigenvalue weighted by Gasteiger charge is 2.46. The number of phosphoric ester groups is 1. The number of carbonyl (C=O) groups is 1. The maximum absolute atomic E-state index is 13.7. The molecule has 1 fully saturated rings. The van der Waals surface area contributed by atoms with Crippen molar-refractivity contribution in [3.8, 4) is 17.2 Å². The zero-order chi connectivity index (χ0) is 47.4. The van der Waals surface area contributed by atoms with E-state index in [0.29, 0.717) is 28.2 Å².